The zero-order valence-corrected chi connectivity index (χ0v) is 14.2. The Morgan fingerprint density at radius 1 is 1.42 bits per heavy atom. The topological polar surface area (TPSA) is 62.5 Å². The monoisotopic (exact) mass is 325 g/mol. The van der Waals surface area contributed by atoms with Crippen LogP contribution in [0.25, 0.3) is 23.4 Å². The Hall–Kier alpha value is -2.27. The molecule has 1 aliphatic heterocycles. The zero-order valence-electron chi connectivity index (χ0n) is 14.2. The van der Waals surface area contributed by atoms with E-state index >= 15 is 0 Å². The minimum atomic E-state index is -0.170. The average molecular weight is 325 g/mol. The van der Waals surface area contributed by atoms with Crippen molar-refractivity contribution in [3.8, 4) is 11.3 Å². The summed E-state index contributed by atoms with van der Waals surface area (Å²) in [6.45, 7) is 2.78. The Balaban J connectivity index is 1.78. The van der Waals surface area contributed by atoms with E-state index in [4.69, 9.17) is 4.74 Å². The van der Waals surface area contributed by atoms with Gasteiger partial charge in [-0.1, -0.05) is 6.08 Å². The second-order valence-corrected chi connectivity index (χ2v) is 6.60. The molecule has 0 bridgehead atoms. The van der Waals surface area contributed by atoms with Gasteiger partial charge in [-0.2, -0.15) is 0 Å². The third-order valence-corrected chi connectivity index (χ3v) is 4.75. The van der Waals surface area contributed by atoms with Crippen molar-refractivity contribution in [1.29, 1.82) is 0 Å². The molecule has 24 heavy (non-hydrogen) atoms. The van der Waals surface area contributed by atoms with Crippen LogP contribution in [0.5, 0.6) is 0 Å². The van der Waals surface area contributed by atoms with Gasteiger partial charge >= 0.3 is 0 Å². The number of H-pyrrole nitrogens is 1. The van der Waals surface area contributed by atoms with Crippen LogP contribution in [0.4, 0.5) is 0 Å². The minimum absolute atomic E-state index is 0.0343. The molecular formula is C19H23N3O2. The second kappa shape index (κ2) is 5.98. The van der Waals surface area contributed by atoms with Crippen LogP contribution in [0.15, 0.2) is 23.0 Å². The van der Waals surface area contributed by atoms with Gasteiger partial charge in [0.25, 0.3) is 0 Å². The molecule has 0 radical (unpaired) electrons. The van der Waals surface area contributed by atoms with Gasteiger partial charge in [-0.25, -0.2) is 0 Å². The van der Waals surface area contributed by atoms with E-state index in [2.05, 4.69) is 46.0 Å². The third kappa shape index (κ3) is 2.59. The summed E-state index contributed by atoms with van der Waals surface area (Å²) in [5, 5.41) is 10.4. The summed E-state index contributed by atoms with van der Waals surface area (Å²) in [7, 11) is 2.09. The van der Waals surface area contributed by atoms with Crippen molar-refractivity contribution < 1.29 is 9.84 Å². The molecule has 2 aromatic rings. The molecule has 3 heterocycles. The Labute approximate surface area is 141 Å². The molecule has 0 fully saturated rings. The van der Waals surface area contributed by atoms with E-state index in [0.717, 1.165) is 42.7 Å². The minimum Gasteiger partial charge on any atom is -0.493 e. The first-order valence-corrected chi connectivity index (χ1v) is 8.56. The lowest BCUT2D eigenvalue weighted by atomic mass is 9.99. The van der Waals surface area contributed by atoms with Gasteiger partial charge in [0.05, 0.1) is 12.4 Å². The first-order chi connectivity index (χ1) is 11.7. The SMILES string of the molecule is CC(CO)OC1=Cc2c(-c3cc4c([nH]3)=NCCC=4)cn(C)c2CC1. The van der Waals surface area contributed by atoms with Crippen LogP contribution < -0.4 is 10.7 Å². The lowest BCUT2D eigenvalue weighted by Gasteiger charge is -2.20. The van der Waals surface area contributed by atoms with Gasteiger partial charge in [-0.05, 0) is 31.9 Å². The van der Waals surface area contributed by atoms with Crippen LogP contribution in [0.2, 0.25) is 0 Å². The fourth-order valence-corrected chi connectivity index (χ4v) is 3.52. The number of aliphatic hydroxyl groups excluding tert-OH is 1. The first-order valence-electron chi connectivity index (χ1n) is 8.56. The van der Waals surface area contributed by atoms with E-state index in [1.165, 1.54) is 22.0 Å². The molecule has 1 atom stereocenters. The van der Waals surface area contributed by atoms with Gasteiger partial charge in [0, 0.05) is 53.9 Å². The van der Waals surface area contributed by atoms with E-state index in [1.807, 2.05) is 6.92 Å². The Kier molecular flexibility index (Phi) is 3.81. The molecule has 5 nitrogen and oxygen atoms in total. The number of aliphatic hydroxyl groups is 1. The summed E-state index contributed by atoms with van der Waals surface area (Å²) >= 11 is 0. The molecule has 4 rings (SSSR count). The highest BCUT2D eigenvalue weighted by molar-refractivity contribution is 5.76. The van der Waals surface area contributed by atoms with Gasteiger partial charge in [-0.15, -0.1) is 0 Å². The number of ether oxygens (including phenoxy) is 1. The van der Waals surface area contributed by atoms with Crippen molar-refractivity contribution in [2.75, 3.05) is 13.2 Å². The van der Waals surface area contributed by atoms with E-state index < -0.39 is 0 Å². The number of nitrogens with one attached hydrogen (secondary N) is 1. The summed E-state index contributed by atoms with van der Waals surface area (Å²) in [5.74, 6) is 0.948. The van der Waals surface area contributed by atoms with Gasteiger partial charge < -0.3 is 19.4 Å². The number of aromatic nitrogens is 2. The van der Waals surface area contributed by atoms with Crippen LogP contribution >= 0.6 is 0 Å². The number of fused-ring (bicyclic) bond motifs is 2. The smallest absolute Gasteiger partial charge is 0.132 e. The maximum Gasteiger partial charge on any atom is 0.132 e. The van der Waals surface area contributed by atoms with Gasteiger partial charge in [0.2, 0.25) is 0 Å². The molecule has 5 heteroatoms. The van der Waals surface area contributed by atoms with Crippen molar-refractivity contribution in [1.82, 2.24) is 9.55 Å². The third-order valence-electron chi connectivity index (χ3n) is 4.75. The van der Waals surface area contributed by atoms with E-state index in [-0.39, 0.29) is 12.7 Å². The van der Waals surface area contributed by atoms with E-state index in [1.54, 1.807) is 0 Å². The average Bonchev–Trinajstić information content (AvgIpc) is 3.15. The molecule has 0 saturated carbocycles. The Morgan fingerprint density at radius 2 is 2.29 bits per heavy atom. The zero-order chi connectivity index (χ0) is 16.7. The maximum atomic E-state index is 9.22. The molecule has 2 N–H and O–H groups in total. The number of aromatic amines is 1. The molecule has 1 unspecified atom stereocenters. The lowest BCUT2D eigenvalue weighted by Crippen LogP contribution is -2.25. The summed E-state index contributed by atoms with van der Waals surface area (Å²) in [4.78, 5) is 8.02. The molecule has 2 aliphatic rings. The number of hydrogen-bond acceptors (Lipinski definition) is 3. The molecule has 0 amide bonds. The molecule has 0 spiro atoms. The normalized spacial score (nSPS) is 17.2. The highest BCUT2D eigenvalue weighted by Gasteiger charge is 2.21. The van der Waals surface area contributed by atoms with Crippen molar-refractivity contribution in [2.24, 2.45) is 12.0 Å². The second-order valence-electron chi connectivity index (χ2n) is 6.60. The van der Waals surface area contributed by atoms with Gasteiger partial charge in [0.15, 0.2) is 0 Å². The van der Waals surface area contributed by atoms with Gasteiger partial charge in [0.1, 0.15) is 11.6 Å². The van der Waals surface area contributed by atoms with Crippen molar-refractivity contribution in [3.05, 3.63) is 40.0 Å². The van der Waals surface area contributed by atoms with Crippen molar-refractivity contribution in [2.45, 2.75) is 32.3 Å². The molecule has 0 saturated heterocycles. The Bertz CT molecular complexity index is 884. The fourth-order valence-electron chi connectivity index (χ4n) is 3.52. The quantitative estimate of drug-likeness (QED) is 0.895. The number of nitrogens with zero attached hydrogens (tertiary/aromatic N) is 2. The summed E-state index contributed by atoms with van der Waals surface area (Å²) in [6.07, 6.45) is 9.21. The van der Waals surface area contributed by atoms with Crippen LogP contribution in [-0.4, -0.2) is 33.9 Å². The fraction of sp³-hybridized carbons (Fsp3) is 0.421. The van der Waals surface area contributed by atoms with Crippen LogP contribution in [0.1, 0.15) is 31.0 Å². The number of rotatable bonds is 4. The number of aryl methyl sites for hydroxylation is 1. The molecule has 2 aromatic heterocycles. The van der Waals surface area contributed by atoms with Crippen LogP contribution in [0.3, 0.4) is 0 Å². The molecule has 0 aromatic carbocycles. The lowest BCUT2D eigenvalue weighted by molar-refractivity contribution is 0.0690. The van der Waals surface area contributed by atoms with E-state index in [9.17, 15) is 5.11 Å². The predicted octanol–water partition coefficient (Wildman–Crippen LogP) is 1.51. The van der Waals surface area contributed by atoms with Crippen LogP contribution in [-0.2, 0) is 18.2 Å². The largest absolute Gasteiger partial charge is 0.493 e. The molecule has 1 aliphatic carbocycles. The van der Waals surface area contributed by atoms with Crippen molar-refractivity contribution in [3.63, 3.8) is 0 Å². The Morgan fingerprint density at radius 3 is 3.08 bits per heavy atom. The summed E-state index contributed by atoms with van der Waals surface area (Å²) < 4.78 is 8.05. The summed E-state index contributed by atoms with van der Waals surface area (Å²) in [5.41, 5.74) is 5.80. The standard InChI is InChI=1S/C19H23N3O2/c1-12(11-23)24-14-5-6-18-15(9-14)16(10-22(18)2)17-8-13-4-3-7-20-19(13)21-17/h4,8-10,12,23H,3,5-7,11H2,1-2H3,(H,20,21). The highest BCUT2D eigenvalue weighted by Crippen LogP contribution is 2.33. The molecule has 126 valence electrons. The number of hydrogen-bond donors (Lipinski definition) is 2. The number of allylic oxidation sites excluding steroid dienone is 1. The van der Waals surface area contributed by atoms with E-state index in [0.29, 0.717) is 0 Å². The maximum absolute atomic E-state index is 9.22. The molecular weight excluding hydrogens is 302 g/mol. The van der Waals surface area contributed by atoms with Crippen LogP contribution in [0, 0.1) is 0 Å². The highest BCUT2D eigenvalue weighted by atomic mass is 16.5. The predicted molar refractivity (Wildman–Crippen MR) is 93.9 cm³/mol. The van der Waals surface area contributed by atoms with Gasteiger partial charge in [-0.3, -0.25) is 4.99 Å². The first kappa shape index (κ1) is 15.3. The summed E-state index contributed by atoms with van der Waals surface area (Å²) in [6, 6.07) is 2.19. The van der Waals surface area contributed by atoms with Crippen molar-refractivity contribution >= 4 is 12.2 Å².